The number of aromatic nitrogens is 2. The number of hydrogen-bond donors (Lipinski definition) is 2. The van der Waals surface area contributed by atoms with Crippen LogP contribution in [0.1, 0.15) is 19.4 Å². The molecule has 0 fully saturated rings. The van der Waals surface area contributed by atoms with Gasteiger partial charge >= 0.3 is 0 Å². The van der Waals surface area contributed by atoms with Crippen LogP contribution in [0, 0.1) is 5.92 Å². The third kappa shape index (κ3) is 3.31. The maximum Gasteiger partial charge on any atom is 0.272 e. The standard InChI is InChI=1S/C15H16N2O2/c1-10(2)8-12-14(18)17-13(15(19)16-12)9-11-6-4-3-5-7-11/h3-10H,1-2H3,(H,16,19)(H,17,18)/b12-8-,13-9+. The molecule has 2 rings (SSSR count). The van der Waals surface area contributed by atoms with Crippen molar-refractivity contribution in [2.45, 2.75) is 13.8 Å². The second-order valence-corrected chi connectivity index (χ2v) is 4.70. The molecule has 2 aromatic rings. The van der Waals surface area contributed by atoms with Gasteiger partial charge in [0.2, 0.25) is 0 Å². The van der Waals surface area contributed by atoms with E-state index in [1.54, 1.807) is 12.2 Å². The number of hydrogen-bond acceptors (Lipinski definition) is 2. The molecule has 19 heavy (non-hydrogen) atoms. The zero-order valence-corrected chi connectivity index (χ0v) is 10.9. The molecule has 1 heterocycles. The highest BCUT2D eigenvalue weighted by atomic mass is 16.1. The van der Waals surface area contributed by atoms with Crippen LogP contribution in [0.4, 0.5) is 0 Å². The number of nitrogens with one attached hydrogen (secondary N) is 2. The largest absolute Gasteiger partial charge is 0.316 e. The van der Waals surface area contributed by atoms with Crippen molar-refractivity contribution in [2.75, 3.05) is 0 Å². The molecular weight excluding hydrogens is 240 g/mol. The number of H-pyrrole nitrogens is 2. The summed E-state index contributed by atoms with van der Waals surface area (Å²) in [4.78, 5) is 29.0. The summed E-state index contributed by atoms with van der Waals surface area (Å²) in [5.74, 6) is 0.195. The Kier molecular flexibility index (Phi) is 3.80. The van der Waals surface area contributed by atoms with Crippen molar-refractivity contribution in [1.82, 2.24) is 9.97 Å². The first-order valence-corrected chi connectivity index (χ1v) is 6.17. The molecule has 4 heteroatoms. The Morgan fingerprint density at radius 2 is 1.53 bits per heavy atom. The Morgan fingerprint density at radius 3 is 2.16 bits per heavy atom. The molecular formula is C15H16N2O2. The van der Waals surface area contributed by atoms with Gasteiger partial charge in [0.05, 0.1) is 0 Å². The summed E-state index contributed by atoms with van der Waals surface area (Å²) in [6.07, 6.45) is 3.38. The molecule has 0 bridgehead atoms. The van der Waals surface area contributed by atoms with Crippen molar-refractivity contribution < 1.29 is 0 Å². The Bertz CT molecular complexity index is 783. The fourth-order valence-electron chi connectivity index (χ4n) is 1.76. The SMILES string of the molecule is CC(C)/C=c1\[nH]c(=O)/c(=C\c2ccccc2)[nH]c1=O. The summed E-state index contributed by atoms with van der Waals surface area (Å²) < 4.78 is 0. The zero-order valence-electron chi connectivity index (χ0n) is 10.9. The normalized spacial score (nSPS) is 13.2. The van der Waals surface area contributed by atoms with Gasteiger partial charge in [-0.2, -0.15) is 0 Å². The summed E-state index contributed by atoms with van der Waals surface area (Å²) in [5, 5.41) is 0.572. The first-order chi connectivity index (χ1) is 9.06. The second kappa shape index (κ2) is 5.52. The Morgan fingerprint density at radius 1 is 0.947 bits per heavy atom. The van der Waals surface area contributed by atoms with Crippen LogP contribution >= 0.6 is 0 Å². The van der Waals surface area contributed by atoms with Gasteiger partial charge in [-0.15, -0.1) is 0 Å². The van der Waals surface area contributed by atoms with E-state index in [-0.39, 0.29) is 22.4 Å². The molecule has 0 atom stereocenters. The van der Waals surface area contributed by atoms with Crippen molar-refractivity contribution in [1.29, 1.82) is 0 Å². The van der Waals surface area contributed by atoms with Crippen molar-refractivity contribution in [3.05, 3.63) is 67.3 Å². The number of aromatic amines is 2. The smallest absolute Gasteiger partial charge is 0.272 e. The molecule has 0 amide bonds. The van der Waals surface area contributed by atoms with E-state index in [0.29, 0.717) is 5.35 Å². The quantitative estimate of drug-likeness (QED) is 0.813. The third-order valence-corrected chi connectivity index (χ3v) is 2.60. The average molecular weight is 256 g/mol. The van der Waals surface area contributed by atoms with E-state index in [1.165, 1.54) is 0 Å². The van der Waals surface area contributed by atoms with Gasteiger partial charge in [-0.3, -0.25) is 9.59 Å². The van der Waals surface area contributed by atoms with Crippen LogP contribution in [0.3, 0.4) is 0 Å². The highest BCUT2D eigenvalue weighted by Crippen LogP contribution is 1.97. The molecule has 0 saturated carbocycles. The maximum atomic E-state index is 11.9. The highest BCUT2D eigenvalue weighted by molar-refractivity contribution is 5.47. The van der Waals surface area contributed by atoms with Gasteiger partial charge < -0.3 is 9.97 Å². The Labute approximate surface area is 110 Å². The van der Waals surface area contributed by atoms with Crippen molar-refractivity contribution in [3.8, 4) is 0 Å². The maximum absolute atomic E-state index is 11.9. The van der Waals surface area contributed by atoms with Crippen LogP contribution in [0.25, 0.3) is 12.2 Å². The average Bonchev–Trinajstić information content (AvgIpc) is 2.36. The molecule has 0 aliphatic rings. The number of benzene rings is 1. The molecule has 0 unspecified atom stereocenters. The lowest BCUT2D eigenvalue weighted by Crippen LogP contribution is -2.47. The van der Waals surface area contributed by atoms with Crippen LogP contribution in [0.2, 0.25) is 0 Å². The molecule has 1 aromatic carbocycles. The van der Waals surface area contributed by atoms with Crippen LogP contribution in [0.15, 0.2) is 39.9 Å². The van der Waals surface area contributed by atoms with E-state index in [4.69, 9.17) is 0 Å². The predicted octanol–water partition coefficient (Wildman–Crippen LogP) is 0.328. The summed E-state index contributed by atoms with van der Waals surface area (Å²) in [6, 6.07) is 9.38. The van der Waals surface area contributed by atoms with Gasteiger partial charge in [-0.25, -0.2) is 0 Å². The van der Waals surface area contributed by atoms with Gasteiger partial charge in [0.15, 0.2) is 0 Å². The van der Waals surface area contributed by atoms with Crippen LogP contribution < -0.4 is 21.8 Å². The van der Waals surface area contributed by atoms with E-state index >= 15 is 0 Å². The molecule has 0 radical (unpaired) electrons. The van der Waals surface area contributed by atoms with E-state index in [0.717, 1.165) is 5.56 Å². The molecule has 1 aromatic heterocycles. The minimum absolute atomic E-state index is 0.195. The monoisotopic (exact) mass is 256 g/mol. The minimum atomic E-state index is -0.296. The lowest BCUT2D eigenvalue weighted by atomic mass is 10.2. The van der Waals surface area contributed by atoms with Crippen molar-refractivity contribution in [2.24, 2.45) is 5.92 Å². The van der Waals surface area contributed by atoms with E-state index in [1.807, 2.05) is 44.2 Å². The van der Waals surface area contributed by atoms with Crippen molar-refractivity contribution >= 4 is 12.2 Å². The predicted molar refractivity (Wildman–Crippen MR) is 76.2 cm³/mol. The zero-order chi connectivity index (χ0) is 13.8. The van der Waals surface area contributed by atoms with Gasteiger partial charge in [0.1, 0.15) is 10.7 Å². The summed E-state index contributed by atoms with van der Waals surface area (Å²) in [5.41, 5.74) is 0.287. The van der Waals surface area contributed by atoms with Gasteiger partial charge in [-0.05, 0) is 17.6 Å². The molecule has 0 saturated heterocycles. The molecule has 4 nitrogen and oxygen atoms in total. The van der Waals surface area contributed by atoms with Gasteiger partial charge in [0, 0.05) is 0 Å². The molecule has 0 spiro atoms. The topological polar surface area (TPSA) is 65.7 Å². The fraction of sp³-hybridized carbons (Fsp3) is 0.200. The fourth-order valence-corrected chi connectivity index (χ4v) is 1.76. The summed E-state index contributed by atoms with van der Waals surface area (Å²) >= 11 is 0. The first-order valence-electron chi connectivity index (χ1n) is 6.17. The highest BCUT2D eigenvalue weighted by Gasteiger charge is 1.96. The molecule has 0 aliphatic heterocycles. The summed E-state index contributed by atoms with van der Waals surface area (Å²) in [7, 11) is 0. The number of rotatable bonds is 2. The third-order valence-electron chi connectivity index (χ3n) is 2.60. The minimum Gasteiger partial charge on any atom is -0.316 e. The van der Waals surface area contributed by atoms with Crippen LogP contribution in [-0.2, 0) is 0 Å². The van der Waals surface area contributed by atoms with E-state index < -0.39 is 0 Å². The summed E-state index contributed by atoms with van der Waals surface area (Å²) in [6.45, 7) is 3.89. The van der Waals surface area contributed by atoms with Gasteiger partial charge in [-0.1, -0.05) is 50.3 Å². The van der Waals surface area contributed by atoms with E-state index in [2.05, 4.69) is 9.97 Å². The van der Waals surface area contributed by atoms with Gasteiger partial charge in [0.25, 0.3) is 11.1 Å². The first kappa shape index (κ1) is 13.1. The van der Waals surface area contributed by atoms with Crippen LogP contribution in [-0.4, -0.2) is 9.97 Å². The Hall–Kier alpha value is -2.36. The molecule has 2 N–H and O–H groups in total. The Balaban J connectivity index is 2.64. The van der Waals surface area contributed by atoms with E-state index in [9.17, 15) is 9.59 Å². The van der Waals surface area contributed by atoms with Crippen molar-refractivity contribution in [3.63, 3.8) is 0 Å². The molecule has 98 valence electrons. The van der Waals surface area contributed by atoms with Crippen LogP contribution in [0.5, 0.6) is 0 Å². The lowest BCUT2D eigenvalue weighted by Gasteiger charge is -1.94. The lowest BCUT2D eigenvalue weighted by molar-refractivity contribution is 0.866. The molecule has 0 aliphatic carbocycles. The second-order valence-electron chi connectivity index (χ2n) is 4.70.